The molecule has 1 N–H and O–H groups in total. The average molecular weight is 354 g/mol. The van der Waals surface area contributed by atoms with Crippen LogP contribution in [0.15, 0.2) is 36.7 Å². The lowest BCUT2D eigenvalue weighted by atomic mass is 10.1. The Hall–Kier alpha value is -2.80. The first-order valence-electron chi connectivity index (χ1n) is 8.61. The number of halogens is 1. The van der Waals surface area contributed by atoms with Crippen molar-refractivity contribution < 1.29 is 13.9 Å². The smallest absolute Gasteiger partial charge is 0.256 e. The van der Waals surface area contributed by atoms with Gasteiger partial charge in [0.2, 0.25) is 0 Å². The zero-order chi connectivity index (χ0) is 18.1. The highest BCUT2D eigenvalue weighted by molar-refractivity contribution is 6.12. The number of nitrogens with zero attached hydrogens (tertiary/aromatic N) is 3. The molecule has 3 aromatic rings. The third-order valence-electron chi connectivity index (χ3n) is 4.45. The monoisotopic (exact) mass is 354 g/mol. The Kier molecular flexibility index (Phi) is 4.38. The van der Waals surface area contributed by atoms with Crippen molar-refractivity contribution >= 4 is 22.5 Å². The summed E-state index contributed by atoms with van der Waals surface area (Å²) < 4.78 is 20.8. The van der Waals surface area contributed by atoms with Crippen LogP contribution in [-0.4, -0.2) is 33.4 Å². The maximum absolute atomic E-state index is 13.5. The molecule has 26 heavy (non-hydrogen) atoms. The van der Waals surface area contributed by atoms with Crippen LogP contribution in [0.25, 0.3) is 10.9 Å². The van der Waals surface area contributed by atoms with Crippen molar-refractivity contribution in [3.05, 3.63) is 53.7 Å². The van der Waals surface area contributed by atoms with Crippen LogP contribution in [0.1, 0.15) is 28.9 Å². The van der Waals surface area contributed by atoms with E-state index in [9.17, 15) is 9.18 Å². The molecular formula is C19H19FN4O2. The predicted octanol–water partition coefficient (Wildman–Crippen LogP) is 3.31. The van der Waals surface area contributed by atoms with Crippen molar-refractivity contribution in [3.63, 3.8) is 0 Å². The van der Waals surface area contributed by atoms with E-state index in [0.717, 1.165) is 19.4 Å². The summed E-state index contributed by atoms with van der Waals surface area (Å²) in [6.07, 6.45) is 5.68. The fourth-order valence-electron chi connectivity index (χ4n) is 3.25. The maximum atomic E-state index is 13.5. The second-order valence-electron chi connectivity index (χ2n) is 6.51. The molecule has 0 bridgehead atoms. The third kappa shape index (κ3) is 3.43. The molecule has 4 rings (SSSR count). The Morgan fingerprint density at radius 1 is 1.42 bits per heavy atom. The largest absolute Gasteiger partial charge is 0.376 e. The summed E-state index contributed by atoms with van der Waals surface area (Å²) in [5.41, 5.74) is 2.18. The minimum atomic E-state index is -0.377. The van der Waals surface area contributed by atoms with E-state index < -0.39 is 0 Å². The Morgan fingerprint density at radius 2 is 2.31 bits per heavy atom. The molecule has 3 heterocycles. The molecule has 6 nitrogen and oxygen atoms in total. The highest BCUT2D eigenvalue weighted by Gasteiger charge is 2.17. The molecule has 1 aromatic carbocycles. The second-order valence-corrected chi connectivity index (χ2v) is 6.51. The van der Waals surface area contributed by atoms with Gasteiger partial charge in [0.25, 0.3) is 5.91 Å². The SMILES string of the molecule is Cc1cc(C(=O)Nc2cnn(C[C@@H]3CCCO3)c2)c2ccc(F)cc2n1. The summed E-state index contributed by atoms with van der Waals surface area (Å²) >= 11 is 0. The first kappa shape index (κ1) is 16.7. The Morgan fingerprint density at radius 3 is 3.12 bits per heavy atom. The van der Waals surface area contributed by atoms with Crippen LogP contribution >= 0.6 is 0 Å². The van der Waals surface area contributed by atoms with Gasteiger partial charge < -0.3 is 10.1 Å². The van der Waals surface area contributed by atoms with Crippen molar-refractivity contribution in [2.24, 2.45) is 0 Å². The molecule has 0 aliphatic carbocycles. The van der Waals surface area contributed by atoms with Crippen molar-refractivity contribution in [3.8, 4) is 0 Å². The van der Waals surface area contributed by atoms with Gasteiger partial charge in [-0.25, -0.2) is 4.39 Å². The average Bonchev–Trinajstić information content (AvgIpc) is 3.26. The van der Waals surface area contributed by atoms with Crippen molar-refractivity contribution in [1.29, 1.82) is 0 Å². The van der Waals surface area contributed by atoms with Crippen LogP contribution in [0.2, 0.25) is 0 Å². The van der Waals surface area contributed by atoms with Gasteiger partial charge in [-0.2, -0.15) is 5.10 Å². The maximum Gasteiger partial charge on any atom is 0.256 e. The van der Waals surface area contributed by atoms with Gasteiger partial charge in [0.15, 0.2) is 0 Å². The fraction of sp³-hybridized carbons (Fsp3) is 0.316. The molecule has 1 fully saturated rings. The number of ether oxygens (including phenoxy) is 1. The lowest BCUT2D eigenvalue weighted by Gasteiger charge is -2.09. The normalized spacial score (nSPS) is 16.9. The first-order chi connectivity index (χ1) is 12.6. The third-order valence-corrected chi connectivity index (χ3v) is 4.45. The number of pyridine rings is 1. The number of carbonyl (C=O) groups is 1. The van der Waals surface area contributed by atoms with Gasteiger partial charge in [-0.1, -0.05) is 0 Å². The van der Waals surface area contributed by atoms with E-state index in [1.807, 2.05) is 0 Å². The Balaban J connectivity index is 1.55. The number of hydrogen-bond acceptors (Lipinski definition) is 4. The van der Waals surface area contributed by atoms with E-state index in [-0.39, 0.29) is 17.8 Å². The van der Waals surface area contributed by atoms with Crippen molar-refractivity contribution in [2.45, 2.75) is 32.4 Å². The summed E-state index contributed by atoms with van der Waals surface area (Å²) in [7, 11) is 0. The number of hydrogen-bond donors (Lipinski definition) is 1. The topological polar surface area (TPSA) is 69.0 Å². The van der Waals surface area contributed by atoms with Gasteiger partial charge in [-0.15, -0.1) is 0 Å². The lowest BCUT2D eigenvalue weighted by Crippen LogP contribution is -2.15. The molecule has 7 heteroatoms. The number of aromatic nitrogens is 3. The highest BCUT2D eigenvalue weighted by atomic mass is 19.1. The molecule has 1 aliphatic heterocycles. The first-order valence-corrected chi connectivity index (χ1v) is 8.61. The summed E-state index contributed by atoms with van der Waals surface area (Å²) in [4.78, 5) is 17.0. The Labute approximate surface area is 150 Å². The van der Waals surface area contributed by atoms with Gasteiger partial charge in [0.1, 0.15) is 5.82 Å². The number of anilines is 1. The Bertz CT molecular complexity index is 958. The summed E-state index contributed by atoms with van der Waals surface area (Å²) in [6.45, 7) is 3.25. The highest BCUT2D eigenvalue weighted by Crippen LogP contribution is 2.21. The number of fused-ring (bicyclic) bond motifs is 1. The number of benzene rings is 1. The number of rotatable bonds is 4. The number of carbonyl (C=O) groups excluding carboxylic acids is 1. The van der Waals surface area contributed by atoms with Gasteiger partial charge in [0.05, 0.1) is 35.6 Å². The molecule has 0 saturated carbocycles. The van der Waals surface area contributed by atoms with Crippen LogP contribution < -0.4 is 5.32 Å². The molecule has 1 amide bonds. The summed E-state index contributed by atoms with van der Waals surface area (Å²) in [5, 5.41) is 7.74. The minimum Gasteiger partial charge on any atom is -0.376 e. The van der Waals surface area contributed by atoms with Crippen LogP contribution in [0.3, 0.4) is 0 Å². The van der Waals surface area contributed by atoms with E-state index in [1.54, 1.807) is 36.1 Å². The number of nitrogens with one attached hydrogen (secondary N) is 1. The second kappa shape index (κ2) is 6.84. The van der Waals surface area contributed by atoms with E-state index in [2.05, 4.69) is 15.4 Å². The zero-order valence-corrected chi connectivity index (χ0v) is 14.4. The lowest BCUT2D eigenvalue weighted by molar-refractivity contribution is 0.0940. The number of amides is 1. The predicted molar refractivity (Wildman–Crippen MR) is 95.6 cm³/mol. The molecular weight excluding hydrogens is 335 g/mol. The summed E-state index contributed by atoms with van der Waals surface area (Å²) in [6, 6.07) is 5.94. The van der Waals surface area contributed by atoms with Crippen LogP contribution in [0.5, 0.6) is 0 Å². The molecule has 0 radical (unpaired) electrons. The van der Waals surface area contributed by atoms with E-state index >= 15 is 0 Å². The molecule has 0 unspecified atom stereocenters. The zero-order valence-electron chi connectivity index (χ0n) is 14.4. The van der Waals surface area contributed by atoms with Gasteiger partial charge in [-0.3, -0.25) is 14.5 Å². The quantitative estimate of drug-likeness (QED) is 0.780. The molecule has 2 aromatic heterocycles. The summed E-state index contributed by atoms with van der Waals surface area (Å²) in [5.74, 6) is -0.652. The van der Waals surface area contributed by atoms with Crippen molar-refractivity contribution in [1.82, 2.24) is 14.8 Å². The van der Waals surface area contributed by atoms with Crippen LogP contribution in [0, 0.1) is 12.7 Å². The molecule has 0 spiro atoms. The molecule has 1 saturated heterocycles. The van der Waals surface area contributed by atoms with E-state index in [4.69, 9.17) is 4.74 Å². The van der Waals surface area contributed by atoms with E-state index in [0.29, 0.717) is 34.4 Å². The molecule has 1 atom stereocenters. The van der Waals surface area contributed by atoms with Crippen LogP contribution in [-0.2, 0) is 11.3 Å². The molecule has 134 valence electrons. The fourth-order valence-corrected chi connectivity index (χ4v) is 3.25. The van der Waals surface area contributed by atoms with E-state index in [1.165, 1.54) is 12.1 Å². The standard InChI is InChI=1S/C19H19FN4O2/c1-12-7-17(16-5-4-13(20)8-18(16)22-12)19(25)23-14-9-21-24(10-14)11-15-3-2-6-26-15/h4-5,7-10,15H,2-3,6,11H2,1H3,(H,23,25)/t15-/m0/s1. The van der Waals surface area contributed by atoms with Gasteiger partial charge in [0, 0.05) is 30.0 Å². The van der Waals surface area contributed by atoms with Gasteiger partial charge >= 0.3 is 0 Å². The van der Waals surface area contributed by atoms with Crippen LogP contribution in [0.4, 0.5) is 10.1 Å². The number of aryl methyl sites for hydroxylation is 1. The molecule has 1 aliphatic rings. The minimum absolute atomic E-state index is 0.181. The van der Waals surface area contributed by atoms with Crippen molar-refractivity contribution in [2.75, 3.05) is 11.9 Å². The van der Waals surface area contributed by atoms with Gasteiger partial charge in [-0.05, 0) is 38.0 Å².